The molecule has 8 heteroatoms. The first-order valence-corrected chi connectivity index (χ1v) is 15.3. The number of hydrogen-bond acceptors (Lipinski definition) is 4. The molecule has 0 bridgehead atoms. The molecule has 1 saturated carbocycles. The van der Waals surface area contributed by atoms with Crippen molar-refractivity contribution in [3.63, 3.8) is 0 Å². The smallest absolute Gasteiger partial charge is 0.326 e. The van der Waals surface area contributed by atoms with Crippen LogP contribution < -0.4 is 0 Å². The van der Waals surface area contributed by atoms with Crippen LogP contribution in [-0.4, -0.2) is 80.9 Å². The number of likely N-dealkylation sites (tertiary alicyclic amines) is 2. The van der Waals surface area contributed by atoms with Crippen molar-refractivity contribution in [1.82, 2.24) is 14.7 Å². The maximum atomic E-state index is 14.3. The summed E-state index contributed by atoms with van der Waals surface area (Å²) in [6.45, 7) is 16.0. The second-order valence-corrected chi connectivity index (χ2v) is 14.9. The van der Waals surface area contributed by atoms with Crippen LogP contribution in [0.3, 0.4) is 0 Å². The molecule has 1 N–H and O–H groups in total. The summed E-state index contributed by atoms with van der Waals surface area (Å²) < 4.78 is 0. The van der Waals surface area contributed by atoms with E-state index in [4.69, 9.17) is 11.6 Å². The normalized spacial score (nSPS) is 29.9. The highest BCUT2D eigenvalue weighted by Gasteiger charge is 2.50. The first-order chi connectivity index (χ1) is 18.6. The minimum absolute atomic E-state index is 0.0503. The number of hydrogen-bond donors (Lipinski definition) is 1. The van der Waals surface area contributed by atoms with E-state index in [9.17, 15) is 19.5 Å². The molecule has 0 aromatic heterocycles. The zero-order valence-corrected chi connectivity index (χ0v) is 26.1. The number of aliphatic carboxylic acids is 1. The van der Waals surface area contributed by atoms with E-state index >= 15 is 0 Å². The molecule has 0 radical (unpaired) electrons. The summed E-state index contributed by atoms with van der Waals surface area (Å²) in [5.41, 5.74) is 0.323. The first kappa shape index (κ1) is 30.8. The molecule has 2 saturated heterocycles. The third-order valence-electron chi connectivity index (χ3n) is 9.38. The van der Waals surface area contributed by atoms with Crippen LogP contribution in [0.2, 0.25) is 5.02 Å². The SMILES string of the molecule is CC1CCC(N(C(=O)C(C)(C)C)[C@H]2C[C@@H](C(=O)O)N(C(=O)[C@@H]3CN(C(C)(C)C)C[C@H]3c3ccc(Cl)cc3)C2)CC1. The predicted octanol–water partition coefficient (Wildman–Crippen LogP) is 5.66. The van der Waals surface area contributed by atoms with Crippen LogP contribution in [0.4, 0.5) is 0 Å². The number of carbonyl (C=O) groups excluding carboxylic acids is 2. The second-order valence-electron chi connectivity index (χ2n) is 14.5. The van der Waals surface area contributed by atoms with E-state index < -0.39 is 17.4 Å². The van der Waals surface area contributed by atoms with Crippen molar-refractivity contribution in [2.45, 2.75) is 110 Å². The van der Waals surface area contributed by atoms with Crippen molar-refractivity contribution in [2.75, 3.05) is 19.6 Å². The molecule has 40 heavy (non-hydrogen) atoms. The molecule has 0 spiro atoms. The molecule has 4 rings (SSSR count). The second kappa shape index (κ2) is 11.6. The lowest BCUT2D eigenvalue weighted by Gasteiger charge is -2.42. The summed E-state index contributed by atoms with van der Waals surface area (Å²) in [7, 11) is 0. The highest BCUT2D eigenvalue weighted by molar-refractivity contribution is 6.30. The van der Waals surface area contributed by atoms with Crippen LogP contribution in [0.1, 0.15) is 92.1 Å². The van der Waals surface area contributed by atoms with Gasteiger partial charge in [-0.2, -0.15) is 0 Å². The highest BCUT2D eigenvalue weighted by atomic mass is 35.5. The van der Waals surface area contributed by atoms with Gasteiger partial charge in [0.15, 0.2) is 0 Å². The monoisotopic (exact) mass is 573 g/mol. The molecular weight excluding hydrogens is 526 g/mol. The van der Waals surface area contributed by atoms with Gasteiger partial charge in [-0.05, 0) is 70.1 Å². The molecule has 222 valence electrons. The average molecular weight is 574 g/mol. The van der Waals surface area contributed by atoms with Crippen molar-refractivity contribution in [3.8, 4) is 0 Å². The van der Waals surface area contributed by atoms with Gasteiger partial charge in [0.05, 0.1) is 12.0 Å². The minimum Gasteiger partial charge on any atom is -0.480 e. The van der Waals surface area contributed by atoms with Gasteiger partial charge >= 0.3 is 5.97 Å². The number of rotatable bonds is 5. The number of amides is 2. The summed E-state index contributed by atoms with van der Waals surface area (Å²) >= 11 is 6.17. The van der Waals surface area contributed by atoms with Gasteiger partial charge in [0.1, 0.15) is 6.04 Å². The van der Waals surface area contributed by atoms with E-state index in [1.807, 2.05) is 49.9 Å². The fraction of sp³-hybridized carbons (Fsp3) is 0.719. The molecule has 2 aliphatic heterocycles. The Bertz CT molecular complexity index is 1080. The lowest BCUT2D eigenvalue weighted by molar-refractivity contribution is -0.150. The number of benzene rings is 1. The van der Waals surface area contributed by atoms with Gasteiger partial charge in [0.2, 0.25) is 11.8 Å². The topological polar surface area (TPSA) is 81.2 Å². The molecule has 2 heterocycles. The Kier molecular flexibility index (Phi) is 8.97. The third kappa shape index (κ3) is 6.51. The summed E-state index contributed by atoms with van der Waals surface area (Å²) in [5.74, 6) is -0.872. The molecule has 2 amide bonds. The Morgan fingerprint density at radius 3 is 2.02 bits per heavy atom. The average Bonchev–Trinajstić information content (AvgIpc) is 3.51. The Hall–Kier alpha value is -2.12. The van der Waals surface area contributed by atoms with E-state index in [0.29, 0.717) is 24.0 Å². The molecule has 7 nitrogen and oxygen atoms in total. The van der Waals surface area contributed by atoms with E-state index in [1.165, 1.54) is 0 Å². The van der Waals surface area contributed by atoms with Crippen molar-refractivity contribution >= 4 is 29.4 Å². The number of carboxylic acid groups (broad SMARTS) is 1. The molecule has 3 fully saturated rings. The number of carboxylic acids is 1. The Morgan fingerprint density at radius 2 is 1.50 bits per heavy atom. The van der Waals surface area contributed by atoms with Gasteiger partial charge < -0.3 is 14.9 Å². The van der Waals surface area contributed by atoms with Crippen molar-refractivity contribution < 1.29 is 19.5 Å². The number of nitrogens with zero attached hydrogens (tertiary/aromatic N) is 3. The van der Waals surface area contributed by atoms with Gasteiger partial charge in [-0.1, -0.05) is 51.4 Å². The van der Waals surface area contributed by atoms with E-state index in [2.05, 4.69) is 32.6 Å². The summed E-state index contributed by atoms with van der Waals surface area (Å²) in [6.07, 6.45) is 4.24. The van der Waals surface area contributed by atoms with E-state index in [-0.39, 0.29) is 54.2 Å². The van der Waals surface area contributed by atoms with Gasteiger partial charge in [-0.15, -0.1) is 0 Å². The molecule has 0 unspecified atom stereocenters. The van der Waals surface area contributed by atoms with Gasteiger partial charge in [0, 0.05) is 54.0 Å². The minimum atomic E-state index is -0.995. The molecular formula is C32H48ClN3O4. The quantitative estimate of drug-likeness (QED) is 0.491. The first-order valence-electron chi connectivity index (χ1n) is 14.9. The molecule has 4 atom stereocenters. The molecule has 1 aromatic rings. The predicted molar refractivity (Wildman–Crippen MR) is 158 cm³/mol. The van der Waals surface area contributed by atoms with Gasteiger partial charge in [-0.3, -0.25) is 14.5 Å². The largest absolute Gasteiger partial charge is 0.480 e. The van der Waals surface area contributed by atoms with Crippen LogP contribution in [0.5, 0.6) is 0 Å². The Labute approximate surface area is 245 Å². The molecule has 3 aliphatic rings. The van der Waals surface area contributed by atoms with Crippen LogP contribution in [0, 0.1) is 17.3 Å². The van der Waals surface area contributed by atoms with Crippen molar-refractivity contribution in [1.29, 1.82) is 0 Å². The van der Waals surface area contributed by atoms with Gasteiger partial charge in [-0.25, -0.2) is 4.79 Å². The number of carbonyl (C=O) groups is 3. The van der Waals surface area contributed by atoms with Crippen LogP contribution in [0.25, 0.3) is 0 Å². The number of halogens is 1. The van der Waals surface area contributed by atoms with Gasteiger partial charge in [0.25, 0.3) is 0 Å². The standard InChI is InChI=1S/C32H48ClN3O4/c1-20-8-14-23(15-9-20)36(30(40)31(2,3)4)24-16-27(29(38)39)35(17-24)28(37)26-19-34(32(5,6)7)18-25(26)21-10-12-22(33)13-11-21/h10-13,20,23-27H,8-9,14-19H2,1-7H3,(H,38,39)/t20?,23?,24-,25-,26+,27-/m0/s1. The van der Waals surface area contributed by atoms with E-state index in [0.717, 1.165) is 31.2 Å². The fourth-order valence-electron chi connectivity index (χ4n) is 6.89. The zero-order chi connectivity index (χ0) is 29.6. The zero-order valence-electron chi connectivity index (χ0n) is 25.3. The lowest BCUT2D eigenvalue weighted by Crippen LogP contribution is -2.53. The Balaban J connectivity index is 1.64. The van der Waals surface area contributed by atoms with Crippen LogP contribution >= 0.6 is 11.6 Å². The fourth-order valence-corrected chi connectivity index (χ4v) is 7.02. The maximum absolute atomic E-state index is 14.3. The molecule has 1 aromatic carbocycles. The Morgan fingerprint density at radius 1 is 0.900 bits per heavy atom. The van der Waals surface area contributed by atoms with Crippen molar-refractivity contribution in [2.24, 2.45) is 17.3 Å². The maximum Gasteiger partial charge on any atom is 0.326 e. The highest BCUT2D eigenvalue weighted by Crippen LogP contribution is 2.40. The lowest BCUT2D eigenvalue weighted by atomic mass is 9.84. The summed E-state index contributed by atoms with van der Waals surface area (Å²) in [4.78, 5) is 46.6. The van der Waals surface area contributed by atoms with Crippen LogP contribution in [-0.2, 0) is 14.4 Å². The van der Waals surface area contributed by atoms with E-state index in [1.54, 1.807) is 4.90 Å². The third-order valence-corrected chi connectivity index (χ3v) is 9.63. The summed E-state index contributed by atoms with van der Waals surface area (Å²) in [6, 6.07) is 6.51. The van der Waals surface area contributed by atoms with Crippen LogP contribution in [0.15, 0.2) is 24.3 Å². The van der Waals surface area contributed by atoms with Crippen molar-refractivity contribution in [3.05, 3.63) is 34.9 Å². The summed E-state index contributed by atoms with van der Waals surface area (Å²) in [5, 5.41) is 10.9. The molecule has 1 aliphatic carbocycles.